The first-order valence-corrected chi connectivity index (χ1v) is 8.20. The summed E-state index contributed by atoms with van der Waals surface area (Å²) in [4.78, 5) is 4.14. The van der Waals surface area contributed by atoms with Crippen molar-refractivity contribution in [2.75, 3.05) is 0 Å². The summed E-state index contributed by atoms with van der Waals surface area (Å²) in [5.41, 5.74) is 1.17. The summed E-state index contributed by atoms with van der Waals surface area (Å²) in [6.07, 6.45) is 5.35. The number of pyridine rings is 1. The molecule has 0 aliphatic carbocycles. The molecule has 3 aromatic rings. The number of hydrogen-bond donors (Lipinski definition) is 0. The SMILES string of the molecule is CC(C)c1nnc(SCc2cccnc2)n1Cc1ccco1. The van der Waals surface area contributed by atoms with E-state index >= 15 is 0 Å². The van der Waals surface area contributed by atoms with Gasteiger partial charge in [0, 0.05) is 24.1 Å². The molecule has 3 heterocycles. The van der Waals surface area contributed by atoms with E-state index < -0.39 is 0 Å². The molecule has 6 heteroatoms. The smallest absolute Gasteiger partial charge is 0.191 e. The van der Waals surface area contributed by atoms with Crippen molar-refractivity contribution in [3.8, 4) is 0 Å². The van der Waals surface area contributed by atoms with Crippen LogP contribution in [0.2, 0.25) is 0 Å². The average molecular weight is 314 g/mol. The predicted molar refractivity (Wildman–Crippen MR) is 85.7 cm³/mol. The van der Waals surface area contributed by atoms with E-state index in [1.54, 1.807) is 24.2 Å². The van der Waals surface area contributed by atoms with E-state index in [1.807, 2.05) is 24.4 Å². The normalized spacial score (nSPS) is 11.2. The molecule has 0 aliphatic heterocycles. The van der Waals surface area contributed by atoms with E-state index in [4.69, 9.17) is 4.42 Å². The Morgan fingerprint density at radius 1 is 1.23 bits per heavy atom. The van der Waals surface area contributed by atoms with E-state index in [0.29, 0.717) is 12.5 Å². The number of thioether (sulfide) groups is 1. The second kappa shape index (κ2) is 6.79. The zero-order valence-electron chi connectivity index (χ0n) is 12.6. The fourth-order valence-electron chi connectivity index (χ4n) is 2.17. The lowest BCUT2D eigenvalue weighted by Gasteiger charge is -2.10. The Kier molecular flexibility index (Phi) is 4.58. The van der Waals surface area contributed by atoms with Crippen LogP contribution in [0.4, 0.5) is 0 Å². The van der Waals surface area contributed by atoms with Crippen LogP contribution in [0, 0.1) is 0 Å². The largest absolute Gasteiger partial charge is 0.467 e. The zero-order valence-corrected chi connectivity index (χ0v) is 13.5. The minimum absolute atomic E-state index is 0.315. The van der Waals surface area contributed by atoms with Crippen molar-refractivity contribution < 1.29 is 4.42 Å². The molecule has 114 valence electrons. The Hall–Kier alpha value is -2.08. The van der Waals surface area contributed by atoms with E-state index in [0.717, 1.165) is 22.5 Å². The summed E-state index contributed by atoms with van der Waals surface area (Å²) in [6, 6.07) is 7.89. The first kappa shape index (κ1) is 14.8. The molecule has 0 aromatic carbocycles. The maximum Gasteiger partial charge on any atom is 0.191 e. The van der Waals surface area contributed by atoms with Gasteiger partial charge >= 0.3 is 0 Å². The number of rotatable bonds is 6. The second-order valence-corrected chi connectivity index (χ2v) is 6.25. The van der Waals surface area contributed by atoms with Crippen molar-refractivity contribution >= 4 is 11.8 Å². The van der Waals surface area contributed by atoms with E-state index in [1.165, 1.54) is 5.56 Å². The fraction of sp³-hybridized carbons (Fsp3) is 0.312. The number of furan rings is 1. The molecule has 0 spiro atoms. The Morgan fingerprint density at radius 2 is 2.14 bits per heavy atom. The summed E-state index contributed by atoms with van der Waals surface area (Å²) in [6.45, 7) is 4.90. The Morgan fingerprint density at radius 3 is 2.82 bits per heavy atom. The average Bonchev–Trinajstić information content (AvgIpc) is 3.17. The van der Waals surface area contributed by atoms with Crippen molar-refractivity contribution in [2.24, 2.45) is 0 Å². The summed E-state index contributed by atoms with van der Waals surface area (Å²) in [5, 5.41) is 9.60. The van der Waals surface area contributed by atoms with Crippen LogP contribution in [0.15, 0.2) is 52.5 Å². The minimum atomic E-state index is 0.315. The van der Waals surface area contributed by atoms with Crippen LogP contribution in [0.25, 0.3) is 0 Å². The third-order valence-electron chi connectivity index (χ3n) is 3.25. The third kappa shape index (κ3) is 3.39. The quantitative estimate of drug-likeness (QED) is 0.649. The number of hydrogen-bond acceptors (Lipinski definition) is 5. The van der Waals surface area contributed by atoms with Gasteiger partial charge in [-0.1, -0.05) is 31.7 Å². The highest BCUT2D eigenvalue weighted by atomic mass is 32.2. The molecule has 0 saturated heterocycles. The molecule has 0 N–H and O–H groups in total. The number of aromatic nitrogens is 4. The molecule has 0 unspecified atom stereocenters. The molecule has 3 aromatic heterocycles. The minimum Gasteiger partial charge on any atom is -0.467 e. The van der Waals surface area contributed by atoms with Crippen molar-refractivity contribution in [1.82, 2.24) is 19.7 Å². The van der Waals surface area contributed by atoms with Gasteiger partial charge in [-0.2, -0.15) is 0 Å². The second-order valence-electron chi connectivity index (χ2n) is 5.31. The molecule has 3 rings (SSSR count). The van der Waals surface area contributed by atoms with Gasteiger partial charge in [-0.15, -0.1) is 10.2 Å². The highest BCUT2D eigenvalue weighted by molar-refractivity contribution is 7.98. The first-order chi connectivity index (χ1) is 10.7. The van der Waals surface area contributed by atoms with Gasteiger partial charge in [0.15, 0.2) is 5.16 Å². The topological polar surface area (TPSA) is 56.7 Å². The summed E-state index contributed by atoms with van der Waals surface area (Å²) >= 11 is 1.67. The first-order valence-electron chi connectivity index (χ1n) is 7.21. The molecule has 22 heavy (non-hydrogen) atoms. The van der Waals surface area contributed by atoms with Crippen LogP contribution in [-0.2, 0) is 12.3 Å². The van der Waals surface area contributed by atoms with Gasteiger partial charge in [-0.3, -0.25) is 9.55 Å². The summed E-state index contributed by atoms with van der Waals surface area (Å²) in [7, 11) is 0. The molecule has 0 fully saturated rings. The van der Waals surface area contributed by atoms with Crippen LogP contribution in [-0.4, -0.2) is 19.7 Å². The lowest BCUT2D eigenvalue weighted by atomic mass is 10.2. The van der Waals surface area contributed by atoms with Crippen LogP contribution in [0.3, 0.4) is 0 Å². The maximum absolute atomic E-state index is 5.46. The van der Waals surface area contributed by atoms with Crippen LogP contribution < -0.4 is 0 Å². The monoisotopic (exact) mass is 314 g/mol. The van der Waals surface area contributed by atoms with Crippen molar-refractivity contribution in [2.45, 2.75) is 37.2 Å². The van der Waals surface area contributed by atoms with Gasteiger partial charge < -0.3 is 4.42 Å². The Bertz CT molecular complexity index is 707. The highest BCUT2D eigenvalue weighted by Crippen LogP contribution is 2.25. The van der Waals surface area contributed by atoms with Crippen molar-refractivity contribution in [1.29, 1.82) is 0 Å². The van der Waals surface area contributed by atoms with Gasteiger partial charge in [0.05, 0.1) is 12.8 Å². The van der Waals surface area contributed by atoms with Gasteiger partial charge in [0.25, 0.3) is 0 Å². The van der Waals surface area contributed by atoms with Gasteiger partial charge in [-0.25, -0.2) is 0 Å². The molecule has 0 bridgehead atoms. The third-order valence-corrected chi connectivity index (χ3v) is 4.28. The highest BCUT2D eigenvalue weighted by Gasteiger charge is 2.16. The van der Waals surface area contributed by atoms with E-state index in [-0.39, 0.29) is 0 Å². The molecule has 5 nitrogen and oxygen atoms in total. The standard InChI is InChI=1S/C16H18N4OS/c1-12(2)15-18-19-16(20(15)10-14-6-4-8-21-14)22-11-13-5-3-7-17-9-13/h3-9,12H,10-11H2,1-2H3. The Labute approximate surface area is 133 Å². The van der Waals surface area contributed by atoms with Crippen LogP contribution in [0.5, 0.6) is 0 Å². The summed E-state index contributed by atoms with van der Waals surface area (Å²) < 4.78 is 7.59. The van der Waals surface area contributed by atoms with Gasteiger partial charge in [-0.05, 0) is 23.8 Å². The predicted octanol–water partition coefficient (Wildman–Crippen LogP) is 3.73. The molecular formula is C16H18N4OS. The fourth-order valence-corrected chi connectivity index (χ4v) is 3.05. The summed E-state index contributed by atoms with van der Waals surface area (Å²) in [5.74, 6) is 3.02. The lowest BCUT2D eigenvalue weighted by Crippen LogP contribution is -2.07. The molecule has 0 amide bonds. The molecule has 0 saturated carbocycles. The Balaban J connectivity index is 1.81. The maximum atomic E-state index is 5.46. The van der Waals surface area contributed by atoms with Crippen molar-refractivity contribution in [3.63, 3.8) is 0 Å². The van der Waals surface area contributed by atoms with E-state index in [9.17, 15) is 0 Å². The molecule has 0 atom stereocenters. The van der Waals surface area contributed by atoms with Crippen LogP contribution in [0.1, 0.15) is 36.9 Å². The van der Waals surface area contributed by atoms with Gasteiger partial charge in [0.2, 0.25) is 0 Å². The zero-order chi connectivity index (χ0) is 15.4. The molecule has 0 radical (unpaired) electrons. The van der Waals surface area contributed by atoms with Crippen LogP contribution >= 0.6 is 11.8 Å². The van der Waals surface area contributed by atoms with E-state index in [2.05, 4.69) is 39.7 Å². The molecular weight excluding hydrogens is 296 g/mol. The lowest BCUT2D eigenvalue weighted by molar-refractivity contribution is 0.475. The van der Waals surface area contributed by atoms with Gasteiger partial charge in [0.1, 0.15) is 11.6 Å². The number of nitrogens with zero attached hydrogens (tertiary/aromatic N) is 4. The molecule has 0 aliphatic rings. The van der Waals surface area contributed by atoms with Crippen molar-refractivity contribution in [3.05, 3.63) is 60.1 Å².